The van der Waals surface area contributed by atoms with Crippen LogP contribution in [0.3, 0.4) is 0 Å². The molecular weight excluding hydrogens is 1720 g/mol. The fourth-order valence-corrected chi connectivity index (χ4v) is 14.5. The summed E-state index contributed by atoms with van der Waals surface area (Å²) in [7, 11) is -4.86. The van der Waals surface area contributed by atoms with E-state index >= 15 is 0 Å². The summed E-state index contributed by atoms with van der Waals surface area (Å²) in [6, 6.07) is 26.7. The van der Waals surface area contributed by atoms with Crippen LogP contribution in [0.2, 0.25) is 29.1 Å². The fraction of sp³-hybridized carbons (Fsp3) is 0.473. The molecule has 0 spiro atoms. The molecule has 5 aromatic carbocycles. The van der Waals surface area contributed by atoms with Gasteiger partial charge in [0.05, 0.1) is 25.7 Å². The molecule has 10 rings (SSSR count). The third-order valence-electron chi connectivity index (χ3n) is 21.4. The van der Waals surface area contributed by atoms with Gasteiger partial charge in [-0.2, -0.15) is 5.26 Å². The Bertz CT molecular complexity index is 5020. The van der Waals surface area contributed by atoms with Gasteiger partial charge in [-0.15, -0.1) is 0 Å². The molecule has 41 heteroatoms. The first kappa shape index (κ1) is 108. The molecule has 5 aliphatic rings. The van der Waals surface area contributed by atoms with Crippen molar-refractivity contribution in [3.63, 3.8) is 0 Å². The van der Waals surface area contributed by atoms with Crippen molar-refractivity contribution in [3.05, 3.63) is 147 Å². The lowest BCUT2D eigenvalue weighted by Crippen LogP contribution is -2.36. The number of para-hydroxylation sites is 5. The van der Waals surface area contributed by atoms with Gasteiger partial charge in [0.15, 0.2) is 0 Å². The first-order chi connectivity index (χ1) is 62.7. The topological polar surface area (TPSA) is 535 Å². The molecule has 0 aliphatic carbocycles. The number of esters is 8. The third-order valence-corrected chi connectivity index (χ3v) is 21.4. The number of hydrogen-bond donors (Lipinski definition) is 5. The van der Waals surface area contributed by atoms with Crippen LogP contribution in [0.25, 0.3) is 0 Å². The smallest absolute Gasteiger partial charge is 0.526 e. The highest BCUT2D eigenvalue weighted by Gasteiger charge is 2.44. The van der Waals surface area contributed by atoms with Crippen LogP contribution in [0.5, 0.6) is 28.7 Å². The summed E-state index contributed by atoms with van der Waals surface area (Å²) in [4.78, 5) is 198. The van der Waals surface area contributed by atoms with E-state index in [0.29, 0.717) is 73.1 Å². The summed E-state index contributed by atoms with van der Waals surface area (Å²) in [6.45, 7) is 14.2. The minimum atomic E-state index is -1.27. The minimum absolute atomic E-state index is 0.0341. The van der Waals surface area contributed by atoms with Crippen LogP contribution in [0.15, 0.2) is 91.0 Å². The maximum atomic E-state index is 12.5. The van der Waals surface area contributed by atoms with Gasteiger partial charge in [0.1, 0.15) is 109 Å². The largest absolute Gasteiger partial charge is 0.535 e. The Morgan fingerprint density at radius 2 is 0.636 bits per heavy atom. The zero-order valence-electron chi connectivity index (χ0n) is 75.7. The predicted molar refractivity (Wildman–Crippen MR) is 472 cm³/mol. The number of carbonyl (C=O) groups is 17. The predicted octanol–water partition coefficient (Wildman–Crippen LogP) is 9.74. The number of Topliss-reactive ketones (excluding diaryl/α,β-unsaturated/α-hetero) is 9. The maximum absolute atomic E-state index is 12.5. The second-order valence-corrected chi connectivity index (χ2v) is 32.0. The van der Waals surface area contributed by atoms with Crippen molar-refractivity contribution in [1.82, 2.24) is 0 Å². The van der Waals surface area contributed by atoms with Gasteiger partial charge >= 0.3 is 83.3 Å². The number of methoxy groups -OCH3 is 1. The van der Waals surface area contributed by atoms with Crippen LogP contribution in [0.4, 0.5) is 0 Å². The zero-order valence-corrected chi connectivity index (χ0v) is 75.7. The number of benzene rings is 5. The summed E-state index contributed by atoms with van der Waals surface area (Å²) >= 11 is 0. The Morgan fingerprint density at radius 3 is 0.894 bits per heavy atom. The highest BCUT2D eigenvalue weighted by Crippen LogP contribution is 2.43. The van der Waals surface area contributed by atoms with E-state index in [4.69, 9.17) is 61.7 Å². The molecule has 36 nitrogen and oxygen atoms in total. The molecule has 0 bridgehead atoms. The van der Waals surface area contributed by atoms with Crippen LogP contribution in [-0.4, -0.2) is 194 Å². The van der Waals surface area contributed by atoms with Gasteiger partial charge in [-0.25, -0.2) is 24.0 Å². The molecule has 0 saturated carbocycles. The SMILES string of the molecule is CC(=O)CCC(=O)C[C@H]1Cc2cccc(C(=O)OCOC(C)=O)c2OB1O.CC(=O)OC(C)OC(=O)c1cccc2c1OB(O)[C@@H](CC(=O)CCC#N)C2.CCC(CC)C(=O)OCOC(=O)c1cccc2c1OB(O)[C@@H](CC(=O)CCC(C)=O)C2.CCOC(=O)c1cccc2c1OB(O)[C@@H](CC(=O)CCC(C)=O)C2.COC(=O)c1cccc2c1OB(O)[C@@H](CC(=O)CCC(C)=O)C2. The van der Waals surface area contributed by atoms with Crippen molar-refractivity contribution >= 4 is 135 Å². The number of nitrogens with zero attached hydrogens (tertiary/aromatic N) is 1. The number of fused-ring (bicyclic) bond motifs is 5. The van der Waals surface area contributed by atoms with Crippen LogP contribution >= 0.6 is 0 Å². The van der Waals surface area contributed by atoms with E-state index in [1.165, 1.54) is 73.8 Å². The number of nitriles is 1. The normalized spacial score (nSPS) is 15.8. The number of hydrogen-bond acceptors (Lipinski definition) is 36. The van der Waals surface area contributed by atoms with Gasteiger partial charge in [-0.05, 0) is 138 Å². The maximum Gasteiger partial charge on any atom is 0.526 e. The van der Waals surface area contributed by atoms with E-state index in [2.05, 4.69) is 4.74 Å². The first-order valence-corrected chi connectivity index (χ1v) is 43.2. The van der Waals surface area contributed by atoms with Gasteiger partial charge < -0.3 is 105 Å². The van der Waals surface area contributed by atoms with Gasteiger partial charge in [0.2, 0.25) is 19.9 Å². The average molecular weight is 1830 g/mol. The first-order valence-electron chi connectivity index (χ1n) is 43.2. The molecule has 5 heterocycles. The Kier molecular flexibility index (Phi) is 44.6. The lowest BCUT2D eigenvalue weighted by atomic mass is 9.64. The monoisotopic (exact) mass is 1830 g/mol. The van der Waals surface area contributed by atoms with Crippen LogP contribution < -0.4 is 23.3 Å². The second-order valence-electron chi connectivity index (χ2n) is 32.0. The van der Waals surface area contributed by atoms with Crippen LogP contribution in [-0.2, 0) is 128 Å². The zero-order chi connectivity index (χ0) is 97.6. The molecule has 5 aromatic rings. The Morgan fingerprint density at radius 1 is 0.364 bits per heavy atom. The fourth-order valence-electron chi connectivity index (χ4n) is 14.5. The van der Waals surface area contributed by atoms with E-state index in [1.54, 1.807) is 79.7 Å². The van der Waals surface area contributed by atoms with Crippen LogP contribution in [0.1, 0.15) is 258 Å². The Hall–Kier alpha value is -12.5. The van der Waals surface area contributed by atoms with E-state index in [0.717, 1.165) is 11.1 Å². The summed E-state index contributed by atoms with van der Waals surface area (Å²) in [6.07, 6.45) is 4.26. The molecule has 6 atom stereocenters. The van der Waals surface area contributed by atoms with E-state index in [-0.39, 0.29) is 206 Å². The molecule has 0 aromatic heterocycles. The van der Waals surface area contributed by atoms with Gasteiger partial charge in [0, 0.05) is 146 Å². The van der Waals surface area contributed by atoms with Gasteiger partial charge in [-0.3, -0.25) is 38.4 Å². The van der Waals surface area contributed by atoms with Crippen molar-refractivity contribution in [2.24, 2.45) is 5.92 Å². The van der Waals surface area contributed by atoms with Crippen molar-refractivity contribution in [3.8, 4) is 34.8 Å². The average Bonchev–Trinajstić information content (AvgIpc) is 0.794. The van der Waals surface area contributed by atoms with Gasteiger partial charge in [-0.1, -0.05) is 74.5 Å². The van der Waals surface area contributed by atoms with Crippen molar-refractivity contribution in [1.29, 1.82) is 5.26 Å². The third kappa shape index (κ3) is 34.7. The second kappa shape index (κ2) is 54.4. The lowest BCUT2D eigenvalue weighted by molar-refractivity contribution is -0.163. The molecule has 0 amide bonds. The van der Waals surface area contributed by atoms with Crippen LogP contribution in [0, 0.1) is 17.2 Å². The molecule has 1 unspecified atom stereocenters. The molecule has 0 fully saturated rings. The van der Waals surface area contributed by atoms with Crippen molar-refractivity contribution in [2.75, 3.05) is 27.3 Å². The van der Waals surface area contributed by atoms with E-state index in [1.807, 2.05) is 19.9 Å². The molecule has 0 saturated heterocycles. The number of rotatable bonds is 39. The summed E-state index contributed by atoms with van der Waals surface area (Å²) in [5.74, 6) is -6.85. The molecule has 5 aliphatic heterocycles. The van der Waals surface area contributed by atoms with Crippen molar-refractivity contribution < 1.29 is 168 Å². The molecule has 132 heavy (non-hydrogen) atoms. The summed E-state index contributed by atoms with van der Waals surface area (Å²) in [5.41, 5.74) is 4.33. The minimum Gasteiger partial charge on any atom is -0.535 e. The summed E-state index contributed by atoms with van der Waals surface area (Å²) in [5, 5.41) is 59.7. The van der Waals surface area contributed by atoms with E-state index in [9.17, 15) is 107 Å². The number of ketones is 9. The number of ether oxygens (including phenoxy) is 8. The van der Waals surface area contributed by atoms with Gasteiger partial charge in [0.25, 0.3) is 0 Å². The Balaban J connectivity index is 0.000000255. The number of carbonyl (C=O) groups excluding carboxylic acids is 17. The molecule has 0 radical (unpaired) electrons. The quantitative estimate of drug-likeness (QED) is 0.0106. The molecular formula is C91H110B5NO35. The standard InChI is InChI=1S/C22H29BO8.C18H20BNO7.C18H21BO8.C17H21BO6.C16H19BO6/c1-4-15(5-2)21(26)29-13-30-22(27)19-8-6-7-16-11-17(23(28)31-20(16)19)12-18(25)10-9-14(3)24;1-11(21)25-12(2)26-18(23)16-7-3-5-13-9-14(19(24)27-17(13)16)10-15(22)6-4-8-20;1-11(20)6-7-15(22)9-14-8-13-4-3-5-16(17(13)27-19(14)24)18(23)26-10-25-12(2)21;1-3-23-17(21)15-6-4-5-12-9-13(18(22)24-16(12)15)10-14(20)8-7-11(2)19;1-10(18)6-7-13(19)9-12-8-11-4-3-5-14(16(20)22-2)15(11)23-17(12)21/h6-8,15,17,28H,4-5,9-13H2,1-3H3;3,5,7,12,14,24H,4,6,9-10H2,1-2H3;3-5,14,24H,6-10H2,1-2H3;4-6,13,22H,3,7-10H2,1-2H3;3-5,12,21H,6-9H2,1-2H3/t17-;12?,14-;14-;13-;12-/m11111/s1. The highest BCUT2D eigenvalue weighted by molar-refractivity contribution is 6.49. The summed E-state index contributed by atoms with van der Waals surface area (Å²) < 4.78 is 66.5. The molecule has 5 N–H and O–H groups in total. The Labute approximate surface area is 765 Å². The van der Waals surface area contributed by atoms with E-state index < -0.39 is 132 Å². The highest BCUT2D eigenvalue weighted by atomic mass is 16.7. The molecule has 704 valence electrons. The lowest BCUT2D eigenvalue weighted by Gasteiger charge is -2.28. The van der Waals surface area contributed by atoms with Crippen molar-refractivity contribution in [2.45, 2.75) is 246 Å².